The van der Waals surface area contributed by atoms with E-state index in [0.717, 1.165) is 0 Å². The van der Waals surface area contributed by atoms with Crippen molar-refractivity contribution in [2.75, 3.05) is 0 Å². The molecule has 5 nitrogen and oxygen atoms in total. The van der Waals surface area contributed by atoms with Crippen molar-refractivity contribution in [3.05, 3.63) is 64.2 Å². The zero-order chi connectivity index (χ0) is 16.4. The number of amides is 1. The molecule has 0 radical (unpaired) electrons. The molecule has 0 atom stereocenters. The SMILES string of the molecule is N#Cc1cc(CNC(=O)c2cc3nc(Cl)ccc3[nH]2)ccc1F. The van der Waals surface area contributed by atoms with E-state index in [2.05, 4.69) is 15.3 Å². The van der Waals surface area contributed by atoms with Gasteiger partial charge in [-0.1, -0.05) is 17.7 Å². The Balaban J connectivity index is 1.74. The zero-order valence-electron chi connectivity index (χ0n) is 11.7. The number of rotatable bonds is 3. The minimum Gasteiger partial charge on any atom is -0.349 e. The predicted molar refractivity (Wildman–Crippen MR) is 83.4 cm³/mol. The molecular weight excluding hydrogens is 319 g/mol. The number of carbonyl (C=O) groups is 1. The number of hydrogen-bond acceptors (Lipinski definition) is 3. The molecule has 23 heavy (non-hydrogen) atoms. The van der Waals surface area contributed by atoms with Crippen molar-refractivity contribution in [2.24, 2.45) is 0 Å². The van der Waals surface area contributed by atoms with Crippen LogP contribution in [0.5, 0.6) is 0 Å². The molecule has 7 heteroatoms. The van der Waals surface area contributed by atoms with Gasteiger partial charge in [0.2, 0.25) is 0 Å². The topological polar surface area (TPSA) is 81.6 Å². The van der Waals surface area contributed by atoms with Crippen molar-refractivity contribution < 1.29 is 9.18 Å². The Morgan fingerprint density at radius 3 is 2.96 bits per heavy atom. The van der Waals surface area contributed by atoms with E-state index in [0.29, 0.717) is 27.4 Å². The Kier molecular flexibility index (Phi) is 3.96. The normalized spacial score (nSPS) is 10.5. The zero-order valence-corrected chi connectivity index (χ0v) is 12.5. The fraction of sp³-hybridized carbons (Fsp3) is 0.0625. The molecule has 1 aromatic carbocycles. The number of fused-ring (bicyclic) bond motifs is 1. The number of nitriles is 1. The monoisotopic (exact) mass is 328 g/mol. The highest BCUT2D eigenvalue weighted by Crippen LogP contribution is 2.16. The van der Waals surface area contributed by atoms with Crippen molar-refractivity contribution >= 4 is 28.5 Å². The van der Waals surface area contributed by atoms with Crippen LogP contribution in [0.4, 0.5) is 4.39 Å². The molecule has 0 aliphatic heterocycles. The summed E-state index contributed by atoms with van der Waals surface area (Å²) >= 11 is 5.81. The summed E-state index contributed by atoms with van der Waals surface area (Å²) < 4.78 is 13.3. The molecule has 2 aromatic heterocycles. The molecular formula is C16H10ClFN4O. The highest BCUT2D eigenvalue weighted by atomic mass is 35.5. The number of aromatic nitrogens is 2. The highest BCUT2D eigenvalue weighted by molar-refractivity contribution is 6.29. The van der Waals surface area contributed by atoms with Gasteiger partial charge in [-0.3, -0.25) is 4.79 Å². The third kappa shape index (κ3) is 3.15. The largest absolute Gasteiger partial charge is 0.349 e. The fourth-order valence-electron chi connectivity index (χ4n) is 2.15. The molecule has 0 saturated carbocycles. The first-order chi connectivity index (χ1) is 11.1. The summed E-state index contributed by atoms with van der Waals surface area (Å²) in [6.45, 7) is 0.178. The van der Waals surface area contributed by atoms with Gasteiger partial charge in [-0.05, 0) is 35.9 Å². The first-order valence-electron chi connectivity index (χ1n) is 6.69. The molecule has 0 bridgehead atoms. The number of nitrogens with zero attached hydrogens (tertiary/aromatic N) is 2. The average Bonchev–Trinajstić information content (AvgIpc) is 2.97. The second-order valence-electron chi connectivity index (χ2n) is 4.86. The Morgan fingerprint density at radius 1 is 1.35 bits per heavy atom. The average molecular weight is 329 g/mol. The second kappa shape index (κ2) is 6.07. The molecule has 114 valence electrons. The Hall–Kier alpha value is -2.91. The molecule has 0 saturated heterocycles. The van der Waals surface area contributed by atoms with Crippen LogP contribution in [0.1, 0.15) is 21.6 Å². The van der Waals surface area contributed by atoms with Crippen molar-refractivity contribution in [1.82, 2.24) is 15.3 Å². The number of aromatic amines is 1. The molecule has 3 rings (SSSR count). The Bertz CT molecular complexity index is 945. The summed E-state index contributed by atoms with van der Waals surface area (Å²) in [5, 5.41) is 11.8. The van der Waals surface area contributed by atoms with Gasteiger partial charge < -0.3 is 10.3 Å². The number of benzene rings is 1. The van der Waals surface area contributed by atoms with Gasteiger partial charge in [0.1, 0.15) is 22.7 Å². The van der Waals surface area contributed by atoms with E-state index in [1.54, 1.807) is 24.3 Å². The maximum absolute atomic E-state index is 13.3. The molecule has 2 N–H and O–H groups in total. The molecule has 1 amide bonds. The van der Waals surface area contributed by atoms with Crippen LogP contribution >= 0.6 is 11.6 Å². The van der Waals surface area contributed by atoms with E-state index in [1.165, 1.54) is 18.2 Å². The second-order valence-corrected chi connectivity index (χ2v) is 5.25. The van der Waals surface area contributed by atoms with Crippen LogP contribution in [0.25, 0.3) is 11.0 Å². The lowest BCUT2D eigenvalue weighted by Crippen LogP contribution is -2.23. The van der Waals surface area contributed by atoms with Gasteiger partial charge in [0.15, 0.2) is 0 Å². The maximum Gasteiger partial charge on any atom is 0.268 e. The number of nitrogens with one attached hydrogen (secondary N) is 2. The van der Waals surface area contributed by atoms with E-state index >= 15 is 0 Å². The lowest BCUT2D eigenvalue weighted by atomic mass is 10.1. The van der Waals surface area contributed by atoms with Crippen molar-refractivity contribution in [1.29, 1.82) is 5.26 Å². The van der Waals surface area contributed by atoms with Gasteiger partial charge in [0.05, 0.1) is 16.6 Å². The van der Waals surface area contributed by atoms with Crippen molar-refractivity contribution in [3.8, 4) is 6.07 Å². The minimum atomic E-state index is -0.582. The van der Waals surface area contributed by atoms with E-state index < -0.39 is 5.82 Å². The standard InChI is InChI=1S/C16H10ClFN4O/c17-15-4-3-12-13(22-15)6-14(21-12)16(23)20-8-9-1-2-11(18)10(5-9)7-19/h1-6,21H,8H2,(H,20,23). The van der Waals surface area contributed by atoms with E-state index in [-0.39, 0.29) is 18.0 Å². The van der Waals surface area contributed by atoms with Gasteiger partial charge in [-0.2, -0.15) is 5.26 Å². The lowest BCUT2D eigenvalue weighted by molar-refractivity contribution is 0.0946. The minimum absolute atomic E-state index is 0.0544. The third-order valence-electron chi connectivity index (χ3n) is 3.29. The number of halogens is 2. The van der Waals surface area contributed by atoms with Crippen molar-refractivity contribution in [3.63, 3.8) is 0 Å². The van der Waals surface area contributed by atoms with Crippen LogP contribution in [0.3, 0.4) is 0 Å². The van der Waals surface area contributed by atoms with Gasteiger partial charge in [0.25, 0.3) is 5.91 Å². The first kappa shape index (κ1) is 15.0. The third-order valence-corrected chi connectivity index (χ3v) is 3.50. The lowest BCUT2D eigenvalue weighted by Gasteiger charge is -2.04. The summed E-state index contributed by atoms with van der Waals surface area (Å²) in [6, 6.07) is 10.9. The fourth-order valence-corrected chi connectivity index (χ4v) is 2.31. The smallest absolute Gasteiger partial charge is 0.268 e. The molecule has 0 unspecified atom stereocenters. The first-order valence-corrected chi connectivity index (χ1v) is 7.06. The summed E-state index contributed by atoms with van der Waals surface area (Å²) in [4.78, 5) is 19.2. The Labute approximate surface area is 135 Å². The van der Waals surface area contributed by atoms with Crippen LogP contribution in [-0.2, 0) is 6.54 Å². The predicted octanol–water partition coefficient (Wildman–Crippen LogP) is 3.16. The number of carbonyl (C=O) groups excluding carboxylic acids is 1. The highest BCUT2D eigenvalue weighted by Gasteiger charge is 2.11. The maximum atomic E-state index is 13.3. The molecule has 2 heterocycles. The number of H-pyrrole nitrogens is 1. The number of pyridine rings is 1. The number of hydrogen-bond donors (Lipinski definition) is 2. The van der Waals surface area contributed by atoms with Gasteiger partial charge in [-0.25, -0.2) is 9.37 Å². The van der Waals surface area contributed by atoms with E-state index in [1.807, 2.05) is 0 Å². The van der Waals surface area contributed by atoms with Gasteiger partial charge >= 0.3 is 0 Å². The summed E-state index contributed by atoms with van der Waals surface area (Å²) in [7, 11) is 0. The molecule has 0 aliphatic carbocycles. The molecule has 0 aliphatic rings. The van der Waals surface area contributed by atoms with Crippen molar-refractivity contribution in [2.45, 2.75) is 6.54 Å². The quantitative estimate of drug-likeness (QED) is 0.725. The van der Waals surface area contributed by atoms with Gasteiger partial charge in [-0.15, -0.1) is 0 Å². The molecule has 3 aromatic rings. The van der Waals surface area contributed by atoms with Crippen LogP contribution in [0.15, 0.2) is 36.4 Å². The molecule has 0 spiro atoms. The van der Waals surface area contributed by atoms with Crippen LogP contribution in [0, 0.1) is 17.1 Å². The summed E-state index contributed by atoms with van der Waals surface area (Å²) in [6.07, 6.45) is 0. The van der Waals surface area contributed by atoms with Crippen LogP contribution in [0.2, 0.25) is 5.15 Å². The van der Waals surface area contributed by atoms with Crippen LogP contribution < -0.4 is 5.32 Å². The Morgan fingerprint density at radius 2 is 2.17 bits per heavy atom. The van der Waals surface area contributed by atoms with E-state index in [4.69, 9.17) is 16.9 Å². The summed E-state index contributed by atoms with van der Waals surface area (Å²) in [5.74, 6) is -0.914. The summed E-state index contributed by atoms with van der Waals surface area (Å²) in [5.41, 5.74) is 2.22. The molecule has 0 fully saturated rings. The van der Waals surface area contributed by atoms with Gasteiger partial charge in [0, 0.05) is 6.54 Å². The van der Waals surface area contributed by atoms with Crippen LogP contribution in [-0.4, -0.2) is 15.9 Å². The van der Waals surface area contributed by atoms with E-state index in [9.17, 15) is 9.18 Å².